The molecule has 0 aromatic heterocycles. The Balaban J connectivity index is 2.34. The lowest BCUT2D eigenvalue weighted by molar-refractivity contribution is -0.140. The number of rotatable bonds is 3. The summed E-state index contributed by atoms with van der Waals surface area (Å²) in [4.78, 5) is 25.9. The summed E-state index contributed by atoms with van der Waals surface area (Å²) < 4.78 is 10.5. The standard InChI is InChI=1S/C19H17N3O4/c1-4-7-25-17(23)15-11(3)26-16(21)13(9-20)19(15)12-8-10(2)5-6-14(12)22-18(19)24/h4-6,8,13,21H,1,7H2,2-3H3,(H,22,24). The monoisotopic (exact) mass is 351 g/mol. The van der Waals surface area contributed by atoms with Crippen LogP contribution in [0.15, 0.2) is 42.2 Å². The molecular weight excluding hydrogens is 334 g/mol. The van der Waals surface area contributed by atoms with E-state index in [1.807, 2.05) is 19.1 Å². The molecule has 3 rings (SSSR count). The van der Waals surface area contributed by atoms with Crippen LogP contribution >= 0.6 is 0 Å². The van der Waals surface area contributed by atoms with Crippen LogP contribution in [0.25, 0.3) is 0 Å². The van der Waals surface area contributed by atoms with E-state index in [0.717, 1.165) is 5.56 Å². The first-order valence-electron chi connectivity index (χ1n) is 7.95. The lowest BCUT2D eigenvalue weighted by Crippen LogP contribution is -2.52. The molecule has 2 atom stereocenters. The second kappa shape index (κ2) is 6.15. The summed E-state index contributed by atoms with van der Waals surface area (Å²) in [5.41, 5.74) is 0.0623. The van der Waals surface area contributed by atoms with Crippen LogP contribution in [-0.2, 0) is 24.5 Å². The number of nitrogens with one attached hydrogen (secondary N) is 2. The number of aryl methyl sites for hydroxylation is 1. The normalized spacial score (nSPS) is 23.8. The third-order valence-electron chi connectivity index (χ3n) is 4.58. The van der Waals surface area contributed by atoms with Crippen molar-refractivity contribution in [1.29, 1.82) is 10.7 Å². The Morgan fingerprint density at radius 1 is 1.54 bits per heavy atom. The Labute approximate surface area is 150 Å². The van der Waals surface area contributed by atoms with E-state index in [2.05, 4.69) is 11.9 Å². The summed E-state index contributed by atoms with van der Waals surface area (Å²) in [6, 6.07) is 7.24. The zero-order valence-electron chi connectivity index (χ0n) is 14.4. The fourth-order valence-corrected chi connectivity index (χ4v) is 3.53. The van der Waals surface area contributed by atoms with Gasteiger partial charge in [-0.3, -0.25) is 10.2 Å². The number of nitrogens with zero attached hydrogens (tertiary/aromatic N) is 1. The number of carbonyl (C=O) groups excluding carboxylic acids is 2. The summed E-state index contributed by atoms with van der Waals surface area (Å²) in [6.45, 7) is 6.77. The number of hydrogen-bond acceptors (Lipinski definition) is 6. The van der Waals surface area contributed by atoms with Crippen molar-refractivity contribution >= 4 is 23.5 Å². The van der Waals surface area contributed by atoms with Gasteiger partial charge in [-0.2, -0.15) is 5.26 Å². The number of allylic oxidation sites excluding steroid dienone is 1. The van der Waals surface area contributed by atoms with Crippen LogP contribution in [0.3, 0.4) is 0 Å². The molecular formula is C19H17N3O4. The molecule has 0 saturated heterocycles. The molecule has 2 heterocycles. The third kappa shape index (κ3) is 2.23. The molecule has 2 unspecified atom stereocenters. The largest absolute Gasteiger partial charge is 0.458 e. The highest BCUT2D eigenvalue weighted by Crippen LogP contribution is 2.52. The van der Waals surface area contributed by atoms with Gasteiger partial charge >= 0.3 is 5.97 Å². The molecule has 0 fully saturated rings. The van der Waals surface area contributed by atoms with Crippen molar-refractivity contribution in [3.05, 3.63) is 53.3 Å². The van der Waals surface area contributed by atoms with Crippen molar-refractivity contribution in [2.45, 2.75) is 19.3 Å². The molecule has 2 aliphatic rings. The van der Waals surface area contributed by atoms with Gasteiger partial charge in [0.2, 0.25) is 11.8 Å². The van der Waals surface area contributed by atoms with Crippen LogP contribution in [0.2, 0.25) is 0 Å². The molecule has 0 saturated carbocycles. The molecule has 26 heavy (non-hydrogen) atoms. The van der Waals surface area contributed by atoms with Gasteiger partial charge in [-0.15, -0.1) is 0 Å². The van der Waals surface area contributed by atoms with Crippen molar-refractivity contribution < 1.29 is 19.1 Å². The van der Waals surface area contributed by atoms with Gasteiger partial charge < -0.3 is 14.8 Å². The number of nitriles is 1. The molecule has 1 amide bonds. The zero-order valence-corrected chi connectivity index (χ0v) is 14.4. The highest BCUT2D eigenvalue weighted by Gasteiger charge is 2.62. The van der Waals surface area contributed by atoms with Crippen LogP contribution in [0.5, 0.6) is 0 Å². The van der Waals surface area contributed by atoms with Gasteiger partial charge in [0.15, 0.2) is 0 Å². The van der Waals surface area contributed by atoms with Gasteiger partial charge in [-0.25, -0.2) is 4.79 Å². The van der Waals surface area contributed by atoms with E-state index in [4.69, 9.17) is 14.9 Å². The van der Waals surface area contributed by atoms with E-state index in [0.29, 0.717) is 11.3 Å². The highest BCUT2D eigenvalue weighted by molar-refractivity contribution is 6.18. The minimum Gasteiger partial charge on any atom is -0.458 e. The van der Waals surface area contributed by atoms with Crippen molar-refractivity contribution in [2.24, 2.45) is 5.92 Å². The molecule has 1 aromatic carbocycles. The Hall–Kier alpha value is -3.40. The third-order valence-corrected chi connectivity index (χ3v) is 4.58. The van der Waals surface area contributed by atoms with Crippen molar-refractivity contribution in [3.63, 3.8) is 0 Å². The van der Waals surface area contributed by atoms with E-state index in [-0.39, 0.29) is 23.8 Å². The van der Waals surface area contributed by atoms with E-state index >= 15 is 0 Å². The Bertz CT molecular complexity index is 925. The zero-order chi connectivity index (χ0) is 19.1. The number of carbonyl (C=O) groups is 2. The molecule has 0 aliphatic carbocycles. The van der Waals surface area contributed by atoms with Gasteiger partial charge in [-0.05, 0) is 25.5 Å². The van der Waals surface area contributed by atoms with Crippen molar-refractivity contribution in [3.8, 4) is 6.07 Å². The summed E-state index contributed by atoms with van der Waals surface area (Å²) in [6.07, 6.45) is 1.40. The average molecular weight is 351 g/mol. The van der Waals surface area contributed by atoms with E-state index in [9.17, 15) is 14.9 Å². The van der Waals surface area contributed by atoms with Crippen LogP contribution < -0.4 is 5.32 Å². The topological polar surface area (TPSA) is 112 Å². The first-order valence-corrected chi connectivity index (χ1v) is 7.95. The number of fused-ring (bicyclic) bond motifs is 2. The molecule has 7 heteroatoms. The predicted molar refractivity (Wildman–Crippen MR) is 93.3 cm³/mol. The highest BCUT2D eigenvalue weighted by atomic mass is 16.5. The molecule has 1 spiro atoms. The molecule has 0 bridgehead atoms. The minimum absolute atomic E-state index is 0.0529. The number of anilines is 1. The summed E-state index contributed by atoms with van der Waals surface area (Å²) in [7, 11) is 0. The van der Waals surface area contributed by atoms with Crippen LogP contribution in [0.1, 0.15) is 18.1 Å². The van der Waals surface area contributed by atoms with E-state index < -0.39 is 23.2 Å². The van der Waals surface area contributed by atoms with Gasteiger partial charge in [-0.1, -0.05) is 30.4 Å². The Morgan fingerprint density at radius 2 is 2.27 bits per heavy atom. The molecule has 132 valence electrons. The van der Waals surface area contributed by atoms with Crippen LogP contribution in [0.4, 0.5) is 5.69 Å². The van der Waals surface area contributed by atoms with Gasteiger partial charge in [0, 0.05) is 5.69 Å². The fourth-order valence-electron chi connectivity index (χ4n) is 3.53. The number of esters is 1. The van der Waals surface area contributed by atoms with E-state index in [1.165, 1.54) is 13.0 Å². The van der Waals surface area contributed by atoms with E-state index in [1.54, 1.807) is 12.1 Å². The summed E-state index contributed by atoms with van der Waals surface area (Å²) >= 11 is 0. The first kappa shape index (κ1) is 17.4. The molecule has 0 radical (unpaired) electrons. The van der Waals surface area contributed by atoms with Crippen molar-refractivity contribution in [1.82, 2.24) is 0 Å². The van der Waals surface area contributed by atoms with Crippen LogP contribution in [-0.4, -0.2) is 24.4 Å². The Kier molecular flexibility index (Phi) is 4.12. The number of ether oxygens (including phenoxy) is 2. The molecule has 7 nitrogen and oxygen atoms in total. The molecule has 2 aliphatic heterocycles. The van der Waals surface area contributed by atoms with Gasteiger partial charge in [0.25, 0.3) is 0 Å². The van der Waals surface area contributed by atoms with Gasteiger partial charge in [0.1, 0.15) is 23.7 Å². The number of amides is 1. The van der Waals surface area contributed by atoms with Crippen molar-refractivity contribution in [2.75, 3.05) is 11.9 Å². The number of hydrogen-bond donors (Lipinski definition) is 2. The molecule has 1 aromatic rings. The van der Waals surface area contributed by atoms with Gasteiger partial charge in [0.05, 0.1) is 11.6 Å². The molecule has 2 N–H and O–H groups in total. The second-order valence-electron chi connectivity index (χ2n) is 6.16. The predicted octanol–water partition coefficient (Wildman–Crippen LogP) is 2.34. The summed E-state index contributed by atoms with van der Waals surface area (Å²) in [5, 5.41) is 20.5. The maximum absolute atomic E-state index is 13.1. The maximum Gasteiger partial charge on any atom is 0.339 e. The summed E-state index contributed by atoms with van der Waals surface area (Å²) in [5.74, 6) is -2.93. The fraction of sp³-hybridized carbons (Fsp3) is 0.263. The lowest BCUT2D eigenvalue weighted by Gasteiger charge is -2.37. The Morgan fingerprint density at radius 3 is 2.92 bits per heavy atom. The lowest BCUT2D eigenvalue weighted by atomic mass is 9.64. The minimum atomic E-state index is -1.69. The smallest absolute Gasteiger partial charge is 0.339 e. The number of benzene rings is 1. The average Bonchev–Trinajstić information content (AvgIpc) is 2.86. The first-order chi connectivity index (χ1) is 12.4. The second-order valence-corrected chi connectivity index (χ2v) is 6.16. The maximum atomic E-state index is 13.1. The van der Waals surface area contributed by atoms with Crippen LogP contribution in [0, 0.1) is 29.6 Å². The quantitative estimate of drug-likeness (QED) is 0.641. The SMILES string of the molecule is C=CCOC(=O)C1=C(C)OC(=N)C(C#N)C12C(=O)Nc1ccc(C)cc12.